The van der Waals surface area contributed by atoms with Crippen molar-refractivity contribution in [1.82, 2.24) is 4.90 Å². The van der Waals surface area contributed by atoms with Crippen LogP contribution in [0, 0.1) is 0 Å². The number of carbonyl (C=O) groups excluding carboxylic acids is 2. The van der Waals surface area contributed by atoms with Crippen molar-refractivity contribution in [2.24, 2.45) is 0 Å². The minimum atomic E-state index is -0.142. The van der Waals surface area contributed by atoms with Crippen LogP contribution in [0.4, 0.5) is 5.69 Å². The zero-order valence-electron chi connectivity index (χ0n) is 14.5. The molecule has 1 N–H and O–H groups in total. The summed E-state index contributed by atoms with van der Waals surface area (Å²) in [6.07, 6.45) is 0.921. The molecule has 0 saturated carbocycles. The van der Waals surface area contributed by atoms with Gasteiger partial charge in [-0.15, -0.1) is 11.8 Å². The molecule has 0 unspecified atom stereocenters. The second kappa shape index (κ2) is 7.74. The molecule has 0 spiro atoms. The van der Waals surface area contributed by atoms with Gasteiger partial charge in [-0.25, -0.2) is 0 Å². The number of fused-ring (bicyclic) bond motifs is 1. The lowest BCUT2D eigenvalue weighted by molar-refractivity contribution is -0.131. The van der Waals surface area contributed by atoms with Crippen LogP contribution in [0.2, 0.25) is 0 Å². The summed E-state index contributed by atoms with van der Waals surface area (Å²) >= 11 is 1.55. The molecular formula is C20H22N2O2S. The van der Waals surface area contributed by atoms with Gasteiger partial charge in [0.05, 0.1) is 5.25 Å². The van der Waals surface area contributed by atoms with E-state index >= 15 is 0 Å². The largest absolute Gasteiger partial charge is 0.337 e. The van der Waals surface area contributed by atoms with E-state index in [2.05, 4.69) is 23.5 Å². The topological polar surface area (TPSA) is 49.4 Å². The molecule has 1 atom stereocenters. The Labute approximate surface area is 152 Å². The molecule has 0 bridgehead atoms. The minimum Gasteiger partial charge on any atom is -0.337 e. The number of hydrogen-bond donors (Lipinski definition) is 1. The number of amides is 2. The van der Waals surface area contributed by atoms with Gasteiger partial charge in [-0.1, -0.05) is 24.3 Å². The Hall–Kier alpha value is -2.27. The van der Waals surface area contributed by atoms with Crippen LogP contribution in [-0.2, 0) is 22.6 Å². The van der Waals surface area contributed by atoms with Gasteiger partial charge < -0.3 is 10.2 Å². The van der Waals surface area contributed by atoms with Gasteiger partial charge >= 0.3 is 0 Å². The van der Waals surface area contributed by atoms with Crippen LogP contribution in [0.25, 0.3) is 0 Å². The summed E-state index contributed by atoms with van der Waals surface area (Å²) in [4.78, 5) is 26.8. The SMILES string of the molecule is CC(=O)Nc1ccc(S[C@H](C)C(=O)N2CCc3ccccc3C2)cc1. The smallest absolute Gasteiger partial charge is 0.236 e. The van der Waals surface area contributed by atoms with Crippen molar-refractivity contribution < 1.29 is 9.59 Å². The van der Waals surface area contributed by atoms with Crippen molar-refractivity contribution in [3.05, 3.63) is 59.7 Å². The van der Waals surface area contributed by atoms with Crippen molar-refractivity contribution in [2.45, 2.75) is 37.0 Å². The molecule has 5 heteroatoms. The Balaban J connectivity index is 1.60. The molecule has 1 aliphatic heterocycles. The zero-order chi connectivity index (χ0) is 17.8. The van der Waals surface area contributed by atoms with Crippen molar-refractivity contribution in [3.63, 3.8) is 0 Å². The normalized spacial score (nSPS) is 14.6. The Morgan fingerprint density at radius 1 is 1.08 bits per heavy atom. The number of anilines is 1. The molecule has 0 aromatic heterocycles. The van der Waals surface area contributed by atoms with Gasteiger partial charge in [0, 0.05) is 30.6 Å². The first-order valence-corrected chi connectivity index (χ1v) is 9.31. The van der Waals surface area contributed by atoms with Crippen LogP contribution >= 0.6 is 11.8 Å². The van der Waals surface area contributed by atoms with Crippen LogP contribution in [0.15, 0.2) is 53.4 Å². The highest BCUT2D eigenvalue weighted by atomic mass is 32.2. The number of thioether (sulfide) groups is 1. The lowest BCUT2D eigenvalue weighted by atomic mass is 10.00. The fourth-order valence-corrected chi connectivity index (χ4v) is 3.97. The molecule has 1 aliphatic rings. The maximum atomic E-state index is 12.8. The fourth-order valence-electron chi connectivity index (χ4n) is 3.02. The van der Waals surface area contributed by atoms with Gasteiger partial charge in [0.1, 0.15) is 0 Å². The molecule has 0 saturated heterocycles. The van der Waals surface area contributed by atoms with Gasteiger partial charge in [0.15, 0.2) is 0 Å². The second-order valence-corrected chi connectivity index (χ2v) is 7.66. The van der Waals surface area contributed by atoms with Crippen molar-refractivity contribution >= 4 is 29.3 Å². The third kappa shape index (κ3) is 4.42. The van der Waals surface area contributed by atoms with E-state index < -0.39 is 0 Å². The summed E-state index contributed by atoms with van der Waals surface area (Å²) in [5.41, 5.74) is 3.36. The average molecular weight is 354 g/mol. The van der Waals surface area contributed by atoms with E-state index in [4.69, 9.17) is 0 Å². The minimum absolute atomic E-state index is 0.0886. The highest BCUT2D eigenvalue weighted by molar-refractivity contribution is 8.00. The van der Waals surface area contributed by atoms with Gasteiger partial charge in [0.25, 0.3) is 0 Å². The molecule has 1 heterocycles. The summed E-state index contributed by atoms with van der Waals surface area (Å²) in [5.74, 6) is 0.0831. The first-order chi connectivity index (χ1) is 12.0. The van der Waals surface area contributed by atoms with Crippen LogP contribution in [0.5, 0.6) is 0 Å². The monoisotopic (exact) mass is 354 g/mol. The quantitative estimate of drug-likeness (QED) is 0.852. The van der Waals surface area contributed by atoms with E-state index in [1.807, 2.05) is 42.2 Å². The summed E-state index contributed by atoms with van der Waals surface area (Å²) in [5, 5.41) is 2.60. The lowest BCUT2D eigenvalue weighted by Crippen LogP contribution is -2.40. The molecule has 25 heavy (non-hydrogen) atoms. The maximum absolute atomic E-state index is 12.8. The molecule has 3 rings (SSSR count). The second-order valence-electron chi connectivity index (χ2n) is 6.24. The van der Waals surface area contributed by atoms with E-state index in [1.54, 1.807) is 11.8 Å². The van der Waals surface area contributed by atoms with Crippen molar-refractivity contribution in [2.75, 3.05) is 11.9 Å². The first kappa shape index (κ1) is 17.5. The molecule has 2 aromatic carbocycles. The Kier molecular flexibility index (Phi) is 5.43. The van der Waals surface area contributed by atoms with E-state index in [-0.39, 0.29) is 17.1 Å². The van der Waals surface area contributed by atoms with Gasteiger partial charge in [-0.2, -0.15) is 0 Å². The van der Waals surface area contributed by atoms with E-state index in [0.29, 0.717) is 6.54 Å². The Morgan fingerprint density at radius 3 is 2.44 bits per heavy atom. The summed E-state index contributed by atoms with van der Waals surface area (Å²) in [6, 6.07) is 15.9. The van der Waals surface area contributed by atoms with E-state index in [1.165, 1.54) is 18.1 Å². The standard InChI is InChI=1S/C20H22N2O2S/c1-14(25-19-9-7-18(8-10-19)21-15(2)23)20(24)22-12-11-16-5-3-4-6-17(16)13-22/h3-10,14H,11-13H2,1-2H3,(H,21,23)/t14-/m1/s1. The Bertz CT molecular complexity index is 774. The number of carbonyl (C=O) groups is 2. The Morgan fingerprint density at radius 2 is 1.76 bits per heavy atom. The molecular weight excluding hydrogens is 332 g/mol. The third-order valence-corrected chi connectivity index (χ3v) is 5.38. The molecule has 2 aromatic rings. The number of hydrogen-bond acceptors (Lipinski definition) is 3. The number of rotatable bonds is 4. The van der Waals surface area contributed by atoms with Crippen LogP contribution in [0.3, 0.4) is 0 Å². The highest BCUT2D eigenvalue weighted by Crippen LogP contribution is 2.27. The lowest BCUT2D eigenvalue weighted by Gasteiger charge is -2.30. The first-order valence-electron chi connectivity index (χ1n) is 8.43. The predicted molar refractivity (Wildman–Crippen MR) is 102 cm³/mol. The molecule has 2 amide bonds. The summed E-state index contributed by atoms with van der Waals surface area (Å²) < 4.78 is 0. The average Bonchev–Trinajstić information content (AvgIpc) is 2.62. The molecule has 0 radical (unpaired) electrons. The van der Waals surface area contributed by atoms with Crippen LogP contribution < -0.4 is 5.32 Å². The van der Waals surface area contributed by atoms with Gasteiger partial charge in [0.2, 0.25) is 11.8 Å². The molecule has 0 fully saturated rings. The third-order valence-electron chi connectivity index (χ3n) is 4.28. The van der Waals surface area contributed by atoms with Crippen LogP contribution in [0.1, 0.15) is 25.0 Å². The predicted octanol–water partition coefficient (Wildman–Crippen LogP) is 3.71. The van der Waals surface area contributed by atoms with E-state index in [9.17, 15) is 9.59 Å². The van der Waals surface area contributed by atoms with Gasteiger partial charge in [-0.3, -0.25) is 9.59 Å². The number of benzene rings is 2. The maximum Gasteiger partial charge on any atom is 0.236 e. The molecule has 130 valence electrons. The van der Waals surface area contributed by atoms with E-state index in [0.717, 1.165) is 23.5 Å². The number of nitrogens with one attached hydrogen (secondary N) is 1. The highest BCUT2D eigenvalue weighted by Gasteiger charge is 2.25. The zero-order valence-corrected chi connectivity index (χ0v) is 15.3. The van der Waals surface area contributed by atoms with Crippen molar-refractivity contribution in [1.29, 1.82) is 0 Å². The number of nitrogens with zero attached hydrogens (tertiary/aromatic N) is 1. The van der Waals surface area contributed by atoms with Crippen molar-refractivity contribution in [3.8, 4) is 0 Å². The summed E-state index contributed by atoms with van der Waals surface area (Å²) in [6.45, 7) is 4.92. The van der Waals surface area contributed by atoms with Crippen LogP contribution in [-0.4, -0.2) is 28.5 Å². The molecule has 0 aliphatic carbocycles. The summed E-state index contributed by atoms with van der Waals surface area (Å²) in [7, 11) is 0. The molecule has 4 nitrogen and oxygen atoms in total. The van der Waals surface area contributed by atoms with Gasteiger partial charge in [-0.05, 0) is 48.7 Å². The fraction of sp³-hybridized carbons (Fsp3) is 0.300.